The van der Waals surface area contributed by atoms with Crippen molar-refractivity contribution < 1.29 is 13.6 Å². The number of rotatable bonds is 3. The number of amides is 1. The van der Waals surface area contributed by atoms with Gasteiger partial charge in [-0.2, -0.15) is 0 Å². The third kappa shape index (κ3) is 1.98. The minimum atomic E-state index is -0.953. The Hall–Kier alpha value is -1.45. The largest absolute Gasteiger partial charge is 0.366 e. The van der Waals surface area contributed by atoms with E-state index in [0.717, 1.165) is 0 Å². The Morgan fingerprint density at radius 1 is 1.27 bits per heavy atom. The number of benzene rings is 1. The van der Waals surface area contributed by atoms with E-state index in [4.69, 9.17) is 5.73 Å². The maximum absolute atomic E-state index is 13.5. The molecule has 0 aromatic heterocycles. The quantitative estimate of drug-likeness (QED) is 0.821. The average Bonchev–Trinajstić information content (AvgIpc) is 2.21. The molecule has 0 fully saturated rings. The van der Waals surface area contributed by atoms with E-state index in [2.05, 4.69) is 0 Å². The van der Waals surface area contributed by atoms with Crippen LogP contribution >= 0.6 is 0 Å². The van der Waals surface area contributed by atoms with Crippen LogP contribution in [0, 0.1) is 11.6 Å². The first kappa shape index (κ1) is 11.6. The zero-order valence-corrected chi connectivity index (χ0v) is 8.73. The topological polar surface area (TPSA) is 43.1 Å². The van der Waals surface area contributed by atoms with Crippen LogP contribution in [-0.4, -0.2) is 5.91 Å². The third-order valence-corrected chi connectivity index (χ3v) is 2.38. The van der Waals surface area contributed by atoms with Gasteiger partial charge in [0.15, 0.2) is 11.6 Å². The molecule has 0 aliphatic rings. The lowest BCUT2D eigenvalue weighted by Gasteiger charge is -2.10. The third-order valence-electron chi connectivity index (χ3n) is 2.38. The molecular formula is C11H13F2NO. The van der Waals surface area contributed by atoms with Gasteiger partial charge in [-0.05, 0) is 24.5 Å². The minimum absolute atomic E-state index is 0.0530. The summed E-state index contributed by atoms with van der Waals surface area (Å²) in [5.74, 6) is -2.55. The second-order valence-corrected chi connectivity index (χ2v) is 3.26. The fourth-order valence-corrected chi connectivity index (χ4v) is 1.54. The Balaban J connectivity index is 3.51. The lowest BCUT2D eigenvalue weighted by atomic mass is 9.99. The number of halogens is 2. The molecule has 1 rings (SSSR count). The highest BCUT2D eigenvalue weighted by Gasteiger charge is 2.18. The lowest BCUT2D eigenvalue weighted by molar-refractivity contribution is 0.0998. The fourth-order valence-electron chi connectivity index (χ4n) is 1.54. The highest BCUT2D eigenvalue weighted by molar-refractivity contribution is 5.94. The molecule has 82 valence electrons. The van der Waals surface area contributed by atoms with Gasteiger partial charge in [0.25, 0.3) is 0 Å². The van der Waals surface area contributed by atoms with Crippen molar-refractivity contribution in [2.24, 2.45) is 5.73 Å². The number of primary amides is 1. The standard InChI is InChI=1S/C11H13F2NO/c1-3-6-5-8(11(14)15)7(4-2)10(13)9(6)12/h5H,3-4H2,1-2H3,(H2,14,15). The molecule has 1 aromatic rings. The van der Waals surface area contributed by atoms with Crippen LogP contribution in [0.3, 0.4) is 0 Å². The maximum Gasteiger partial charge on any atom is 0.249 e. The van der Waals surface area contributed by atoms with E-state index < -0.39 is 17.5 Å². The fraction of sp³-hybridized carbons (Fsp3) is 0.364. The predicted molar refractivity (Wildman–Crippen MR) is 53.6 cm³/mol. The second kappa shape index (κ2) is 4.38. The van der Waals surface area contributed by atoms with Crippen LogP contribution in [0.25, 0.3) is 0 Å². The Labute approximate surface area is 87.1 Å². The van der Waals surface area contributed by atoms with Gasteiger partial charge in [-0.15, -0.1) is 0 Å². The first-order valence-corrected chi connectivity index (χ1v) is 4.82. The van der Waals surface area contributed by atoms with Crippen molar-refractivity contribution >= 4 is 5.91 Å². The van der Waals surface area contributed by atoms with Gasteiger partial charge in [0, 0.05) is 11.1 Å². The molecule has 0 saturated carbocycles. The number of nitrogens with two attached hydrogens (primary N) is 1. The van der Waals surface area contributed by atoms with Crippen molar-refractivity contribution in [2.45, 2.75) is 26.7 Å². The van der Waals surface area contributed by atoms with Crippen LogP contribution in [-0.2, 0) is 12.8 Å². The van der Waals surface area contributed by atoms with E-state index in [1.165, 1.54) is 6.07 Å². The molecule has 0 unspecified atom stereocenters. The maximum atomic E-state index is 13.5. The summed E-state index contributed by atoms with van der Waals surface area (Å²) >= 11 is 0. The van der Waals surface area contributed by atoms with Crippen LogP contribution in [0.15, 0.2) is 6.07 Å². The highest BCUT2D eigenvalue weighted by Crippen LogP contribution is 2.21. The summed E-state index contributed by atoms with van der Waals surface area (Å²) in [5.41, 5.74) is 5.41. The molecule has 0 bridgehead atoms. The molecule has 0 aliphatic carbocycles. The van der Waals surface area contributed by atoms with Crippen LogP contribution in [0.1, 0.15) is 35.3 Å². The van der Waals surface area contributed by atoms with Gasteiger partial charge >= 0.3 is 0 Å². The molecule has 1 amide bonds. The summed E-state index contributed by atoms with van der Waals surface area (Å²) in [5, 5.41) is 0. The Bertz CT molecular complexity index is 402. The van der Waals surface area contributed by atoms with E-state index in [1.807, 2.05) is 0 Å². The summed E-state index contributed by atoms with van der Waals surface area (Å²) in [6, 6.07) is 1.33. The van der Waals surface area contributed by atoms with Crippen molar-refractivity contribution in [1.29, 1.82) is 0 Å². The highest BCUT2D eigenvalue weighted by atomic mass is 19.2. The summed E-state index contributed by atoms with van der Waals surface area (Å²) in [6.45, 7) is 3.34. The summed E-state index contributed by atoms with van der Waals surface area (Å²) in [4.78, 5) is 11.0. The second-order valence-electron chi connectivity index (χ2n) is 3.26. The normalized spacial score (nSPS) is 10.4. The number of carbonyl (C=O) groups is 1. The molecule has 2 nitrogen and oxygen atoms in total. The molecule has 0 atom stereocenters. The van der Waals surface area contributed by atoms with Crippen molar-refractivity contribution in [2.75, 3.05) is 0 Å². The number of hydrogen-bond donors (Lipinski definition) is 1. The van der Waals surface area contributed by atoms with Gasteiger partial charge in [0.05, 0.1) is 0 Å². The molecule has 15 heavy (non-hydrogen) atoms. The average molecular weight is 213 g/mol. The number of hydrogen-bond acceptors (Lipinski definition) is 1. The van der Waals surface area contributed by atoms with Crippen LogP contribution < -0.4 is 5.73 Å². The van der Waals surface area contributed by atoms with Crippen LogP contribution in [0.2, 0.25) is 0 Å². The van der Waals surface area contributed by atoms with Crippen molar-refractivity contribution in [3.05, 3.63) is 34.4 Å². The molecule has 0 saturated heterocycles. The molecule has 1 aromatic carbocycles. The zero-order chi connectivity index (χ0) is 11.6. The van der Waals surface area contributed by atoms with Gasteiger partial charge in [0.2, 0.25) is 5.91 Å². The molecule has 2 N–H and O–H groups in total. The van der Waals surface area contributed by atoms with Crippen molar-refractivity contribution in [3.63, 3.8) is 0 Å². The predicted octanol–water partition coefficient (Wildman–Crippen LogP) is 2.19. The van der Waals surface area contributed by atoms with E-state index in [0.29, 0.717) is 6.42 Å². The molecule has 0 heterocycles. The van der Waals surface area contributed by atoms with Crippen molar-refractivity contribution in [1.82, 2.24) is 0 Å². The Morgan fingerprint density at radius 3 is 2.27 bits per heavy atom. The number of carbonyl (C=O) groups excluding carboxylic acids is 1. The van der Waals surface area contributed by atoms with E-state index in [9.17, 15) is 13.6 Å². The van der Waals surface area contributed by atoms with E-state index >= 15 is 0 Å². The lowest BCUT2D eigenvalue weighted by Crippen LogP contribution is -2.16. The van der Waals surface area contributed by atoms with Gasteiger partial charge in [0.1, 0.15) is 0 Å². The summed E-state index contributed by atoms with van der Waals surface area (Å²) < 4.78 is 26.9. The molecule has 0 radical (unpaired) electrons. The molecule has 4 heteroatoms. The van der Waals surface area contributed by atoms with Gasteiger partial charge < -0.3 is 5.73 Å². The van der Waals surface area contributed by atoms with Gasteiger partial charge in [-0.3, -0.25) is 4.79 Å². The van der Waals surface area contributed by atoms with Crippen LogP contribution in [0.5, 0.6) is 0 Å². The van der Waals surface area contributed by atoms with E-state index in [-0.39, 0.29) is 23.1 Å². The number of aryl methyl sites for hydroxylation is 1. The van der Waals surface area contributed by atoms with E-state index in [1.54, 1.807) is 13.8 Å². The zero-order valence-electron chi connectivity index (χ0n) is 8.73. The summed E-state index contributed by atoms with van der Waals surface area (Å²) in [7, 11) is 0. The molecule has 0 aliphatic heterocycles. The first-order valence-electron chi connectivity index (χ1n) is 4.82. The summed E-state index contributed by atoms with van der Waals surface area (Å²) in [6.07, 6.45) is 0.568. The Kier molecular flexibility index (Phi) is 3.39. The first-order chi connectivity index (χ1) is 7.02. The molecular weight excluding hydrogens is 200 g/mol. The smallest absolute Gasteiger partial charge is 0.249 e. The van der Waals surface area contributed by atoms with Crippen molar-refractivity contribution in [3.8, 4) is 0 Å². The van der Waals surface area contributed by atoms with Gasteiger partial charge in [-0.25, -0.2) is 8.78 Å². The minimum Gasteiger partial charge on any atom is -0.366 e. The molecule has 0 spiro atoms. The Morgan fingerprint density at radius 2 is 1.87 bits per heavy atom. The SMILES string of the molecule is CCc1cc(C(N)=O)c(CC)c(F)c1F. The van der Waals surface area contributed by atoms with Crippen LogP contribution in [0.4, 0.5) is 8.78 Å². The van der Waals surface area contributed by atoms with Gasteiger partial charge in [-0.1, -0.05) is 13.8 Å². The monoisotopic (exact) mass is 213 g/mol.